The summed E-state index contributed by atoms with van der Waals surface area (Å²) in [6, 6.07) is 7.48. The van der Waals surface area contributed by atoms with Crippen LogP contribution in [0.25, 0.3) is 10.9 Å². The molecule has 2 aromatic rings. The van der Waals surface area contributed by atoms with Gasteiger partial charge >= 0.3 is 5.97 Å². The second-order valence-corrected chi connectivity index (χ2v) is 4.46. The van der Waals surface area contributed by atoms with Gasteiger partial charge in [0.15, 0.2) is 5.69 Å². The number of benzene rings is 1. The summed E-state index contributed by atoms with van der Waals surface area (Å²) in [5, 5.41) is 5.01. The van der Waals surface area contributed by atoms with Crippen molar-refractivity contribution in [3.63, 3.8) is 0 Å². The highest BCUT2D eigenvalue weighted by Gasteiger charge is 2.21. The molecule has 0 bridgehead atoms. The van der Waals surface area contributed by atoms with Gasteiger partial charge in [0.2, 0.25) is 0 Å². The zero-order valence-electron chi connectivity index (χ0n) is 11.8. The van der Waals surface area contributed by atoms with Crippen LogP contribution in [0.2, 0.25) is 0 Å². The molecule has 1 amide bonds. The molecule has 20 heavy (non-hydrogen) atoms. The van der Waals surface area contributed by atoms with Crippen LogP contribution in [0.15, 0.2) is 24.3 Å². The average molecular weight is 275 g/mol. The van der Waals surface area contributed by atoms with Gasteiger partial charge < -0.3 is 9.64 Å². The van der Waals surface area contributed by atoms with E-state index in [0.717, 1.165) is 10.9 Å². The van der Waals surface area contributed by atoms with E-state index in [2.05, 4.69) is 5.10 Å². The van der Waals surface area contributed by atoms with Gasteiger partial charge in [-0.2, -0.15) is 5.10 Å². The first kappa shape index (κ1) is 14.0. The highest BCUT2D eigenvalue weighted by molar-refractivity contribution is 6.05. The molecule has 1 heterocycles. The molecule has 0 aliphatic rings. The smallest absolute Gasteiger partial charge is 0.325 e. The largest absolute Gasteiger partial charge is 0.465 e. The number of amides is 1. The van der Waals surface area contributed by atoms with Gasteiger partial charge in [-0.1, -0.05) is 18.2 Å². The molecule has 1 aromatic carbocycles. The van der Waals surface area contributed by atoms with E-state index in [1.807, 2.05) is 24.3 Å². The number of carbonyl (C=O) groups is 2. The van der Waals surface area contributed by atoms with Gasteiger partial charge in [-0.3, -0.25) is 14.3 Å². The maximum atomic E-state index is 12.4. The Morgan fingerprint density at radius 2 is 2.05 bits per heavy atom. The van der Waals surface area contributed by atoms with Gasteiger partial charge in [0.05, 0.1) is 12.1 Å². The number of hydrogen-bond donors (Lipinski definition) is 0. The molecule has 6 heteroatoms. The normalized spacial score (nSPS) is 10.6. The molecular formula is C14H17N3O3. The van der Waals surface area contributed by atoms with E-state index in [1.54, 1.807) is 25.7 Å². The Labute approximate surface area is 116 Å². The Hall–Kier alpha value is -2.37. The maximum Gasteiger partial charge on any atom is 0.325 e. The summed E-state index contributed by atoms with van der Waals surface area (Å²) in [5.41, 5.74) is 1.22. The van der Waals surface area contributed by atoms with Crippen molar-refractivity contribution >= 4 is 22.8 Å². The molecule has 0 saturated carbocycles. The zero-order valence-corrected chi connectivity index (χ0v) is 11.8. The van der Waals surface area contributed by atoms with Gasteiger partial charge in [-0.25, -0.2) is 0 Å². The van der Waals surface area contributed by atoms with Crippen molar-refractivity contribution in [2.75, 3.05) is 20.2 Å². The van der Waals surface area contributed by atoms with Gasteiger partial charge in [0.1, 0.15) is 6.54 Å². The van der Waals surface area contributed by atoms with Crippen LogP contribution in [0.4, 0.5) is 0 Å². The van der Waals surface area contributed by atoms with Crippen LogP contribution >= 0.6 is 0 Å². The lowest BCUT2D eigenvalue weighted by Gasteiger charge is -2.14. The van der Waals surface area contributed by atoms with Crippen molar-refractivity contribution in [2.24, 2.45) is 7.05 Å². The molecule has 0 atom stereocenters. The Morgan fingerprint density at radius 3 is 2.75 bits per heavy atom. The highest BCUT2D eigenvalue weighted by atomic mass is 16.5. The number of rotatable bonds is 4. The summed E-state index contributed by atoms with van der Waals surface area (Å²) in [7, 11) is 3.34. The van der Waals surface area contributed by atoms with Crippen LogP contribution in [-0.4, -0.2) is 46.8 Å². The summed E-state index contributed by atoms with van der Waals surface area (Å²) in [6.45, 7) is 1.94. The number of ether oxygens (including phenoxy) is 1. The van der Waals surface area contributed by atoms with Crippen molar-refractivity contribution < 1.29 is 14.3 Å². The fourth-order valence-corrected chi connectivity index (χ4v) is 2.02. The Bertz CT molecular complexity index is 648. The SMILES string of the molecule is CCOC(=O)CN(C)C(=O)c1nn(C)c2ccccc12. The lowest BCUT2D eigenvalue weighted by Crippen LogP contribution is -2.33. The van der Waals surface area contributed by atoms with E-state index < -0.39 is 5.97 Å². The molecule has 0 fully saturated rings. The summed E-state index contributed by atoms with van der Waals surface area (Å²) in [4.78, 5) is 25.1. The second kappa shape index (κ2) is 5.73. The molecule has 2 rings (SSSR count). The van der Waals surface area contributed by atoms with E-state index >= 15 is 0 Å². The van der Waals surface area contributed by atoms with Crippen molar-refractivity contribution in [2.45, 2.75) is 6.92 Å². The topological polar surface area (TPSA) is 64.4 Å². The standard InChI is InChI=1S/C14H17N3O3/c1-4-20-12(18)9-16(2)14(19)13-10-7-5-6-8-11(10)17(3)15-13/h5-8H,4,9H2,1-3H3. The van der Waals surface area contributed by atoms with Crippen LogP contribution in [0.5, 0.6) is 0 Å². The number of aromatic nitrogens is 2. The molecule has 0 aliphatic carbocycles. The third kappa shape index (κ3) is 2.64. The number of likely N-dealkylation sites (N-methyl/N-ethyl adjacent to an activating group) is 1. The number of aryl methyl sites for hydroxylation is 1. The van der Waals surface area contributed by atoms with Crippen LogP contribution in [0.3, 0.4) is 0 Å². The van der Waals surface area contributed by atoms with Gasteiger partial charge in [-0.15, -0.1) is 0 Å². The van der Waals surface area contributed by atoms with E-state index in [0.29, 0.717) is 12.3 Å². The number of esters is 1. The number of carbonyl (C=O) groups excluding carboxylic acids is 2. The molecule has 0 spiro atoms. The Kier molecular flexibility index (Phi) is 4.02. The lowest BCUT2D eigenvalue weighted by atomic mass is 10.2. The first-order valence-electron chi connectivity index (χ1n) is 6.37. The maximum absolute atomic E-state index is 12.4. The highest BCUT2D eigenvalue weighted by Crippen LogP contribution is 2.18. The lowest BCUT2D eigenvalue weighted by molar-refractivity contribution is -0.143. The average Bonchev–Trinajstić information content (AvgIpc) is 2.76. The molecule has 1 aromatic heterocycles. The van der Waals surface area contributed by atoms with E-state index in [9.17, 15) is 9.59 Å². The summed E-state index contributed by atoms with van der Waals surface area (Å²) in [6.07, 6.45) is 0. The van der Waals surface area contributed by atoms with Crippen molar-refractivity contribution in [3.8, 4) is 0 Å². The van der Waals surface area contributed by atoms with E-state index in [4.69, 9.17) is 4.74 Å². The van der Waals surface area contributed by atoms with E-state index in [-0.39, 0.29) is 12.5 Å². The second-order valence-electron chi connectivity index (χ2n) is 4.46. The molecule has 106 valence electrons. The van der Waals surface area contributed by atoms with Crippen LogP contribution in [0.1, 0.15) is 17.4 Å². The fraction of sp³-hybridized carbons (Fsp3) is 0.357. The number of fused-ring (bicyclic) bond motifs is 1. The summed E-state index contributed by atoms with van der Waals surface area (Å²) >= 11 is 0. The Balaban J connectivity index is 2.25. The number of para-hydroxylation sites is 1. The fourth-order valence-electron chi connectivity index (χ4n) is 2.02. The van der Waals surface area contributed by atoms with Crippen LogP contribution in [0, 0.1) is 0 Å². The van der Waals surface area contributed by atoms with Crippen LogP contribution in [-0.2, 0) is 16.6 Å². The van der Waals surface area contributed by atoms with Gasteiger partial charge in [0.25, 0.3) is 5.91 Å². The van der Waals surface area contributed by atoms with Gasteiger partial charge in [0, 0.05) is 19.5 Å². The first-order valence-corrected chi connectivity index (χ1v) is 6.37. The monoisotopic (exact) mass is 275 g/mol. The third-order valence-electron chi connectivity index (χ3n) is 2.98. The minimum atomic E-state index is -0.427. The first-order chi connectivity index (χ1) is 9.54. The predicted molar refractivity (Wildman–Crippen MR) is 74.3 cm³/mol. The zero-order chi connectivity index (χ0) is 14.7. The molecule has 0 aliphatic heterocycles. The number of nitrogens with zero attached hydrogens (tertiary/aromatic N) is 3. The Morgan fingerprint density at radius 1 is 1.35 bits per heavy atom. The molecule has 0 unspecified atom stereocenters. The van der Waals surface area contributed by atoms with Crippen LogP contribution < -0.4 is 0 Å². The van der Waals surface area contributed by atoms with Crippen molar-refractivity contribution in [1.29, 1.82) is 0 Å². The number of hydrogen-bond acceptors (Lipinski definition) is 4. The predicted octanol–water partition coefficient (Wildman–Crippen LogP) is 1.21. The van der Waals surface area contributed by atoms with Crippen molar-refractivity contribution in [3.05, 3.63) is 30.0 Å². The summed E-state index contributed by atoms with van der Waals surface area (Å²) in [5.74, 6) is -0.724. The molecule has 0 saturated heterocycles. The molecule has 0 N–H and O–H groups in total. The van der Waals surface area contributed by atoms with Gasteiger partial charge in [-0.05, 0) is 13.0 Å². The third-order valence-corrected chi connectivity index (χ3v) is 2.98. The molecule has 6 nitrogen and oxygen atoms in total. The molecular weight excluding hydrogens is 258 g/mol. The minimum absolute atomic E-state index is 0.0857. The minimum Gasteiger partial charge on any atom is -0.465 e. The quantitative estimate of drug-likeness (QED) is 0.787. The van der Waals surface area contributed by atoms with Crippen molar-refractivity contribution in [1.82, 2.24) is 14.7 Å². The molecule has 0 radical (unpaired) electrons. The van der Waals surface area contributed by atoms with E-state index in [1.165, 1.54) is 4.90 Å². The summed E-state index contributed by atoms with van der Waals surface area (Å²) < 4.78 is 6.49.